The van der Waals surface area contributed by atoms with E-state index in [1.807, 2.05) is 42.5 Å². The topological polar surface area (TPSA) is 53.5 Å². The zero-order valence-corrected chi connectivity index (χ0v) is 15.9. The van der Waals surface area contributed by atoms with Crippen molar-refractivity contribution in [3.05, 3.63) is 101 Å². The first-order chi connectivity index (χ1) is 14.2. The van der Waals surface area contributed by atoms with Gasteiger partial charge in [-0.15, -0.1) is 0 Å². The second kappa shape index (κ2) is 8.69. The van der Waals surface area contributed by atoms with Crippen LogP contribution in [0, 0.1) is 5.82 Å². The molecule has 29 heavy (non-hydrogen) atoms. The highest BCUT2D eigenvalue weighted by atomic mass is 19.1. The summed E-state index contributed by atoms with van der Waals surface area (Å²) < 4.78 is 13.2. The van der Waals surface area contributed by atoms with Crippen LogP contribution >= 0.6 is 0 Å². The van der Waals surface area contributed by atoms with Crippen LogP contribution in [0.5, 0.6) is 0 Å². The highest BCUT2D eigenvalue weighted by molar-refractivity contribution is 6.02. The van der Waals surface area contributed by atoms with Crippen LogP contribution in [0.2, 0.25) is 0 Å². The number of carbonyl (C=O) groups excluding carboxylic acids is 1. The molecule has 1 aliphatic rings. The molecule has 0 unspecified atom stereocenters. The Bertz CT molecular complexity index is 995. The fourth-order valence-electron chi connectivity index (χ4n) is 3.16. The molecule has 0 atom stereocenters. The van der Waals surface area contributed by atoms with Crippen LogP contribution in [0.4, 0.5) is 14.9 Å². The van der Waals surface area contributed by atoms with Gasteiger partial charge in [-0.1, -0.05) is 54.6 Å². The summed E-state index contributed by atoms with van der Waals surface area (Å²) in [4.78, 5) is 12.3. The first kappa shape index (κ1) is 18.9. The molecule has 1 aliphatic carbocycles. The van der Waals surface area contributed by atoms with Crippen LogP contribution < -0.4 is 10.7 Å². The summed E-state index contributed by atoms with van der Waals surface area (Å²) in [5.74, 6) is 0.402. The van der Waals surface area contributed by atoms with Crippen molar-refractivity contribution in [2.75, 3.05) is 5.32 Å². The number of anilines is 1. The standard InChI is InChI=1S/C24H22FN3O/c25-21-12-6-17(7-13-21)16-23(20-4-2-1-3-5-20)27-28-24(29)26-22-14-10-19(11-15-22)18-8-9-18/h1-7,10-15,18H,8-9,16H2,(H2,26,28,29)/b27-23+. The SMILES string of the molecule is O=C(N/N=C(\Cc1ccc(F)cc1)c1ccccc1)Nc1ccc(C2CC2)cc1. The van der Waals surface area contributed by atoms with Gasteiger partial charge in [-0.25, -0.2) is 14.6 Å². The van der Waals surface area contributed by atoms with Crippen LogP contribution in [0.3, 0.4) is 0 Å². The number of hydrogen-bond acceptors (Lipinski definition) is 2. The largest absolute Gasteiger partial charge is 0.339 e. The van der Waals surface area contributed by atoms with Gasteiger partial charge in [0.1, 0.15) is 5.82 Å². The first-order valence-corrected chi connectivity index (χ1v) is 9.71. The number of nitrogens with one attached hydrogen (secondary N) is 2. The average molecular weight is 387 g/mol. The maximum absolute atomic E-state index is 13.2. The summed E-state index contributed by atoms with van der Waals surface area (Å²) in [5.41, 5.74) is 7.11. The van der Waals surface area contributed by atoms with Gasteiger partial charge in [0.25, 0.3) is 0 Å². The maximum atomic E-state index is 13.2. The van der Waals surface area contributed by atoms with E-state index in [1.165, 1.54) is 30.5 Å². The molecule has 3 aromatic carbocycles. The number of rotatable bonds is 6. The van der Waals surface area contributed by atoms with E-state index >= 15 is 0 Å². The summed E-state index contributed by atoms with van der Waals surface area (Å²) in [6.45, 7) is 0. The average Bonchev–Trinajstić information content (AvgIpc) is 3.59. The quantitative estimate of drug-likeness (QED) is 0.428. The summed E-state index contributed by atoms with van der Waals surface area (Å²) in [6, 6.07) is 23.4. The van der Waals surface area contributed by atoms with Crippen LogP contribution in [0.25, 0.3) is 0 Å². The van der Waals surface area contributed by atoms with E-state index in [1.54, 1.807) is 12.1 Å². The number of nitrogens with zero attached hydrogens (tertiary/aromatic N) is 1. The molecule has 0 spiro atoms. The third-order valence-electron chi connectivity index (χ3n) is 4.90. The van der Waals surface area contributed by atoms with Crippen molar-refractivity contribution in [2.45, 2.75) is 25.2 Å². The minimum absolute atomic E-state index is 0.280. The fourth-order valence-corrected chi connectivity index (χ4v) is 3.16. The fraction of sp³-hybridized carbons (Fsp3) is 0.167. The molecule has 3 aromatic rings. The number of benzene rings is 3. The van der Waals surface area contributed by atoms with E-state index in [9.17, 15) is 9.18 Å². The molecular formula is C24H22FN3O. The lowest BCUT2D eigenvalue weighted by molar-refractivity contribution is 0.252. The van der Waals surface area contributed by atoms with Gasteiger partial charge in [-0.3, -0.25) is 0 Å². The molecule has 0 aromatic heterocycles. The first-order valence-electron chi connectivity index (χ1n) is 9.71. The van der Waals surface area contributed by atoms with Crippen molar-refractivity contribution in [3.63, 3.8) is 0 Å². The van der Waals surface area contributed by atoms with Crippen LogP contribution in [0.1, 0.15) is 35.4 Å². The second-order valence-electron chi connectivity index (χ2n) is 7.19. The minimum atomic E-state index is -0.406. The molecule has 1 saturated carbocycles. The van der Waals surface area contributed by atoms with Crippen molar-refractivity contribution in [2.24, 2.45) is 5.10 Å². The second-order valence-corrected chi connectivity index (χ2v) is 7.19. The third-order valence-corrected chi connectivity index (χ3v) is 4.90. The predicted molar refractivity (Wildman–Crippen MR) is 114 cm³/mol. The molecule has 0 saturated heterocycles. The lowest BCUT2D eigenvalue weighted by atomic mass is 10.0. The van der Waals surface area contributed by atoms with Crippen molar-refractivity contribution in [1.29, 1.82) is 0 Å². The number of carbonyl (C=O) groups is 1. The number of hydrogen-bond donors (Lipinski definition) is 2. The molecule has 0 heterocycles. The molecule has 2 amide bonds. The smallest absolute Gasteiger partial charge is 0.307 e. The number of halogens is 1. The molecule has 4 rings (SSSR count). The number of hydrazone groups is 1. The number of amides is 2. The Labute approximate surface area is 169 Å². The van der Waals surface area contributed by atoms with Gasteiger partial charge in [0.2, 0.25) is 0 Å². The van der Waals surface area contributed by atoms with Crippen molar-refractivity contribution in [3.8, 4) is 0 Å². The van der Waals surface area contributed by atoms with Crippen molar-refractivity contribution in [1.82, 2.24) is 5.43 Å². The highest BCUT2D eigenvalue weighted by Gasteiger charge is 2.22. The predicted octanol–water partition coefficient (Wildman–Crippen LogP) is 5.47. The molecule has 4 nitrogen and oxygen atoms in total. The Morgan fingerprint density at radius 3 is 2.28 bits per heavy atom. The van der Waals surface area contributed by atoms with Crippen LogP contribution in [0.15, 0.2) is 84.0 Å². The minimum Gasteiger partial charge on any atom is -0.307 e. The van der Waals surface area contributed by atoms with Gasteiger partial charge in [0, 0.05) is 12.1 Å². The molecule has 0 aliphatic heterocycles. The summed E-state index contributed by atoms with van der Waals surface area (Å²) in [6.07, 6.45) is 2.97. The van der Waals surface area contributed by atoms with E-state index in [-0.39, 0.29) is 5.82 Å². The molecule has 146 valence electrons. The van der Waals surface area contributed by atoms with Crippen molar-refractivity contribution >= 4 is 17.4 Å². The third kappa shape index (κ3) is 5.29. The van der Waals surface area contributed by atoms with Gasteiger partial charge < -0.3 is 5.32 Å². The van der Waals surface area contributed by atoms with Gasteiger partial charge in [-0.2, -0.15) is 5.10 Å². The Morgan fingerprint density at radius 1 is 0.931 bits per heavy atom. The maximum Gasteiger partial charge on any atom is 0.339 e. The molecule has 5 heteroatoms. The summed E-state index contributed by atoms with van der Waals surface area (Å²) >= 11 is 0. The Balaban J connectivity index is 1.44. The summed E-state index contributed by atoms with van der Waals surface area (Å²) in [7, 11) is 0. The molecule has 1 fully saturated rings. The summed E-state index contributed by atoms with van der Waals surface area (Å²) in [5, 5.41) is 7.12. The van der Waals surface area contributed by atoms with Crippen LogP contribution in [-0.2, 0) is 6.42 Å². The lowest BCUT2D eigenvalue weighted by Crippen LogP contribution is -2.26. The molecule has 2 N–H and O–H groups in total. The lowest BCUT2D eigenvalue weighted by Gasteiger charge is -2.09. The normalized spacial score (nSPS) is 13.8. The van der Waals surface area contributed by atoms with E-state index in [0.29, 0.717) is 18.1 Å². The van der Waals surface area contributed by atoms with Gasteiger partial charge in [0.15, 0.2) is 0 Å². The molecular weight excluding hydrogens is 365 g/mol. The zero-order chi connectivity index (χ0) is 20.1. The molecule has 0 radical (unpaired) electrons. The Kier molecular flexibility index (Phi) is 5.66. The van der Waals surface area contributed by atoms with E-state index < -0.39 is 6.03 Å². The van der Waals surface area contributed by atoms with Crippen molar-refractivity contribution < 1.29 is 9.18 Å². The van der Waals surface area contributed by atoms with E-state index in [2.05, 4.69) is 28.0 Å². The number of urea groups is 1. The van der Waals surface area contributed by atoms with Gasteiger partial charge in [0.05, 0.1) is 5.71 Å². The van der Waals surface area contributed by atoms with E-state index in [4.69, 9.17) is 0 Å². The monoisotopic (exact) mass is 387 g/mol. The van der Waals surface area contributed by atoms with Gasteiger partial charge in [-0.05, 0) is 59.7 Å². The van der Waals surface area contributed by atoms with Gasteiger partial charge >= 0.3 is 6.03 Å². The zero-order valence-electron chi connectivity index (χ0n) is 15.9. The Hall–Kier alpha value is -3.47. The molecule has 0 bridgehead atoms. The van der Waals surface area contributed by atoms with E-state index in [0.717, 1.165) is 16.8 Å². The Morgan fingerprint density at radius 2 is 1.62 bits per heavy atom. The van der Waals surface area contributed by atoms with Crippen LogP contribution in [-0.4, -0.2) is 11.7 Å². The highest BCUT2D eigenvalue weighted by Crippen LogP contribution is 2.40.